The van der Waals surface area contributed by atoms with Gasteiger partial charge in [-0.3, -0.25) is 14.5 Å². The highest BCUT2D eigenvalue weighted by atomic mass is 32.1. The highest BCUT2D eigenvalue weighted by Crippen LogP contribution is 2.25. The van der Waals surface area contributed by atoms with Gasteiger partial charge in [0.15, 0.2) is 0 Å². The molecule has 2 fully saturated rings. The predicted molar refractivity (Wildman–Crippen MR) is 118 cm³/mol. The minimum Gasteiger partial charge on any atom is -0.496 e. The molecule has 0 aliphatic carbocycles. The van der Waals surface area contributed by atoms with Crippen molar-refractivity contribution in [3.05, 3.63) is 51.7 Å². The molecule has 30 heavy (non-hydrogen) atoms. The van der Waals surface area contributed by atoms with E-state index in [0.717, 1.165) is 38.2 Å². The van der Waals surface area contributed by atoms with Gasteiger partial charge in [0.25, 0.3) is 5.91 Å². The normalized spacial score (nSPS) is 19.9. The summed E-state index contributed by atoms with van der Waals surface area (Å²) < 4.78 is 5.51. The van der Waals surface area contributed by atoms with Gasteiger partial charge in [0, 0.05) is 44.8 Å². The first-order chi connectivity index (χ1) is 14.6. The molecular formula is C23H29N3O3S. The van der Waals surface area contributed by atoms with Crippen molar-refractivity contribution in [2.24, 2.45) is 0 Å². The van der Waals surface area contributed by atoms with Crippen LogP contribution in [-0.4, -0.2) is 72.4 Å². The molecule has 1 aromatic carbocycles. The number of rotatable bonds is 5. The Morgan fingerprint density at radius 3 is 2.63 bits per heavy atom. The van der Waals surface area contributed by atoms with E-state index in [9.17, 15) is 9.59 Å². The lowest BCUT2D eigenvalue weighted by molar-refractivity contribution is -0.137. The molecule has 0 saturated carbocycles. The summed E-state index contributed by atoms with van der Waals surface area (Å²) >= 11 is 1.44. The molecule has 0 spiro atoms. The molecule has 2 aliphatic heterocycles. The van der Waals surface area contributed by atoms with Gasteiger partial charge in [-0.05, 0) is 37.3 Å². The smallest absolute Gasteiger partial charge is 0.264 e. The summed E-state index contributed by atoms with van der Waals surface area (Å²) in [6.45, 7) is 6.63. The van der Waals surface area contributed by atoms with Crippen molar-refractivity contribution in [2.45, 2.75) is 32.4 Å². The molecular weight excluding hydrogens is 398 g/mol. The van der Waals surface area contributed by atoms with Crippen molar-refractivity contribution in [2.75, 3.05) is 39.8 Å². The van der Waals surface area contributed by atoms with Crippen molar-refractivity contribution < 1.29 is 14.3 Å². The van der Waals surface area contributed by atoms with Crippen LogP contribution >= 0.6 is 11.3 Å². The number of hydrogen-bond acceptors (Lipinski definition) is 5. The molecule has 0 bridgehead atoms. The van der Waals surface area contributed by atoms with Crippen molar-refractivity contribution in [3.63, 3.8) is 0 Å². The van der Waals surface area contributed by atoms with Crippen molar-refractivity contribution in [3.8, 4) is 5.75 Å². The second kappa shape index (κ2) is 9.18. The average Bonchev–Trinajstić information content (AvgIpc) is 3.46. The lowest BCUT2D eigenvalue weighted by atomic mass is 10.1. The van der Waals surface area contributed by atoms with Crippen LogP contribution in [0.5, 0.6) is 5.75 Å². The predicted octanol–water partition coefficient (Wildman–Crippen LogP) is 3.01. The fourth-order valence-corrected chi connectivity index (χ4v) is 5.10. The van der Waals surface area contributed by atoms with Gasteiger partial charge in [0.05, 0.1) is 12.0 Å². The first-order valence-corrected chi connectivity index (χ1v) is 11.4. The Hall–Kier alpha value is -2.38. The zero-order chi connectivity index (χ0) is 21.1. The number of carbonyl (C=O) groups is 2. The van der Waals surface area contributed by atoms with E-state index in [0.29, 0.717) is 24.5 Å². The summed E-state index contributed by atoms with van der Waals surface area (Å²) in [6, 6.07) is 9.65. The van der Waals surface area contributed by atoms with E-state index in [-0.39, 0.29) is 17.9 Å². The number of amides is 2. The molecule has 1 aromatic heterocycles. The molecule has 6 nitrogen and oxygen atoms in total. The van der Waals surface area contributed by atoms with Gasteiger partial charge in [-0.2, -0.15) is 0 Å². The van der Waals surface area contributed by atoms with Crippen molar-refractivity contribution >= 4 is 23.2 Å². The third kappa shape index (κ3) is 4.37. The third-order valence-corrected chi connectivity index (χ3v) is 6.90. The summed E-state index contributed by atoms with van der Waals surface area (Å²) in [5, 5.41) is 1.91. The number of aryl methyl sites for hydroxylation is 1. The Labute approximate surface area is 182 Å². The van der Waals surface area contributed by atoms with E-state index < -0.39 is 0 Å². The number of carbonyl (C=O) groups excluding carboxylic acids is 2. The lowest BCUT2D eigenvalue weighted by Crippen LogP contribution is -2.54. The Kier molecular flexibility index (Phi) is 6.39. The number of ether oxygens (including phenoxy) is 1. The Morgan fingerprint density at radius 2 is 1.93 bits per heavy atom. The molecule has 2 amide bonds. The number of nitrogens with zero attached hydrogens (tertiary/aromatic N) is 3. The van der Waals surface area contributed by atoms with Gasteiger partial charge in [0.2, 0.25) is 5.91 Å². The highest BCUT2D eigenvalue weighted by molar-refractivity contribution is 7.12. The number of hydrogen-bond donors (Lipinski definition) is 0. The first kappa shape index (κ1) is 20.9. The Balaban J connectivity index is 1.35. The van der Waals surface area contributed by atoms with E-state index >= 15 is 0 Å². The monoisotopic (exact) mass is 427 g/mol. The molecule has 0 unspecified atom stereocenters. The number of likely N-dealkylation sites (tertiary alicyclic amines) is 1. The average molecular weight is 428 g/mol. The van der Waals surface area contributed by atoms with E-state index in [1.807, 2.05) is 28.5 Å². The largest absolute Gasteiger partial charge is 0.496 e. The number of piperazine rings is 1. The molecule has 3 heterocycles. The van der Waals surface area contributed by atoms with Crippen LogP contribution in [0.25, 0.3) is 0 Å². The van der Waals surface area contributed by atoms with Gasteiger partial charge >= 0.3 is 0 Å². The molecule has 2 aliphatic rings. The maximum Gasteiger partial charge on any atom is 0.264 e. The maximum atomic E-state index is 13.2. The zero-order valence-electron chi connectivity index (χ0n) is 17.7. The summed E-state index contributed by atoms with van der Waals surface area (Å²) in [6.07, 6.45) is 1.65. The van der Waals surface area contributed by atoms with Crippen molar-refractivity contribution in [1.82, 2.24) is 14.7 Å². The molecule has 0 N–H and O–H groups in total. The summed E-state index contributed by atoms with van der Waals surface area (Å²) in [4.78, 5) is 32.8. The molecule has 0 radical (unpaired) electrons. The van der Waals surface area contributed by atoms with Gasteiger partial charge in [-0.15, -0.1) is 11.3 Å². The molecule has 2 aromatic rings. The quantitative estimate of drug-likeness (QED) is 0.736. The van der Waals surface area contributed by atoms with Gasteiger partial charge in [-0.25, -0.2) is 0 Å². The van der Waals surface area contributed by atoms with E-state index in [4.69, 9.17) is 4.74 Å². The summed E-state index contributed by atoms with van der Waals surface area (Å²) in [5.74, 6) is 1.00. The SMILES string of the molecule is COc1ccc(C)cc1CN1CCN(C(=O)[C@@H]2CCCN2C(=O)c2cccs2)CC1. The maximum absolute atomic E-state index is 13.2. The molecule has 7 heteroatoms. The minimum absolute atomic E-state index is 0.00831. The highest BCUT2D eigenvalue weighted by Gasteiger charge is 2.38. The topological polar surface area (TPSA) is 53.1 Å². The third-order valence-electron chi connectivity index (χ3n) is 6.04. The van der Waals surface area contributed by atoms with Gasteiger partial charge < -0.3 is 14.5 Å². The van der Waals surface area contributed by atoms with Crippen LogP contribution in [-0.2, 0) is 11.3 Å². The number of thiophene rings is 1. The lowest BCUT2D eigenvalue weighted by Gasteiger charge is -2.37. The Morgan fingerprint density at radius 1 is 1.13 bits per heavy atom. The van der Waals surface area contributed by atoms with Crippen LogP contribution in [0.15, 0.2) is 35.7 Å². The second-order valence-electron chi connectivity index (χ2n) is 8.05. The van der Waals surface area contributed by atoms with Crippen LogP contribution in [0.2, 0.25) is 0 Å². The molecule has 4 rings (SSSR count). The van der Waals surface area contributed by atoms with Crippen LogP contribution in [0.1, 0.15) is 33.6 Å². The minimum atomic E-state index is -0.317. The second-order valence-corrected chi connectivity index (χ2v) is 9.00. The fraction of sp³-hybridized carbons (Fsp3) is 0.478. The fourth-order valence-electron chi connectivity index (χ4n) is 4.42. The molecule has 1 atom stereocenters. The van der Waals surface area contributed by atoms with Gasteiger partial charge in [0.1, 0.15) is 11.8 Å². The first-order valence-electron chi connectivity index (χ1n) is 10.6. The van der Waals surface area contributed by atoms with Crippen LogP contribution in [0.3, 0.4) is 0 Å². The van der Waals surface area contributed by atoms with Crippen LogP contribution in [0, 0.1) is 6.92 Å². The summed E-state index contributed by atoms with van der Waals surface area (Å²) in [7, 11) is 1.70. The number of methoxy groups -OCH3 is 1. The molecule has 160 valence electrons. The standard InChI is InChI=1S/C23H29N3O3S/c1-17-7-8-20(29-2)18(15-17)16-24-10-12-25(13-11-24)22(27)19-5-3-9-26(19)23(28)21-6-4-14-30-21/h4,6-8,14-15,19H,3,5,9-13,16H2,1-2H3/t19-/m0/s1. The van der Waals surface area contributed by atoms with Crippen LogP contribution in [0.4, 0.5) is 0 Å². The van der Waals surface area contributed by atoms with Gasteiger partial charge in [-0.1, -0.05) is 23.8 Å². The Bertz CT molecular complexity index is 891. The van der Waals surface area contributed by atoms with Crippen LogP contribution < -0.4 is 4.74 Å². The van der Waals surface area contributed by atoms with E-state index in [1.54, 1.807) is 12.0 Å². The molecule has 2 saturated heterocycles. The van der Waals surface area contributed by atoms with Crippen molar-refractivity contribution in [1.29, 1.82) is 0 Å². The van der Waals surface area contributed by atoms with E-state index in [2.05, 4.69) is 24.0 Å². The number of benzene rings is 1. The zero-order valence-corrected chi connectivity index (χ0v) is 18.5. The summed E-state index contributed by atoms with van der Waals surface area (Å²) in [5.41, 5.74) is 2.40. The van der Waals surface area contributed by atoms with E-state index in [1.165, 1.54) is 22.5 Å².